The fourth-order valence-corrected chi connectivity index (χ4v) is 2.58. The first kappa shape index (κ1) is 13.4. The van der Waals surface area contributed by atoms with Crippen molar-refractivity contribution < 1.29 is 4.79 Å². The molecule has 1 saturated heterocycles. The largest absolute Gasteiger partial charge is 0.370 e. The van der Waals surface area contributed by atoms with Crippen molar-refractivity contribution in [2.45, 2.75) is 19.3 Å². The molecule has 1 fully saturated rings. The molecule has 1 aromatic rings. The quantitative estimate of drug-likeness (QED) is 0.922. The van der Waals surface area contributed by atoms with Crippen molar-refractivity contribution >= 4 is 34.8 Å². The van der Waals surface area contributed by atoms with E-state index in [-0.39, 0.29) is 5.91 Å². The van der Waals surface area contributed by atoms with Gasteiger partial charge in [-0.1, -0.05) is 23.2 Å². The third-order valence-corrected chi connectivity index (χ3v) is 3.60. The molecule has 18 heavy (non-hydrogen) atoms. The number of aromatic nitrogens is 2. The molecule has 0 aliphatic carbocycles. The standard InChI is InChI=1S/C11H14Cl2N4O/c12-9-6-8(11(13)16-15-9)17-3-1-7(2-4-17)5-10(14)18/h6-7H,1-5H2,(H2,14,18). The lowest BCUT2D eigenvalue weighted by atomic mass is 9.93. The topological polar surface area (TPSA) is 72.1 Å². The minimum absolute atomic E-state index is 0.236. The van der Waals surface area contributed by atoms with E-state index in [0.717, 1.165) is 31.6 Å². The molecule has 1 amide bonds. The van der Waals surface area contributed by atoms with E-state index in [0.29, 0.717) is 22.6 Å². The lowest BCUT2D eigenvalue weighted by Crippen LogP contribution is -2.35. The molecule has 0 saturated carbocycles. The van der Waals surface area contributed by atoms with Crippen LogP contribution in [0, 0.1) is 5.92 Å². The number of carbonyl (C=O) groups excluding carboxylic acids is 1. The fourth-order valence-electron chi connectivity index (χ4n) is 2.23. The summed E-state index contributed by atoms with van der Waals surface area (Å²) >= 11 is 11.8. The monoisotopic (exact) mass is 288 g/mol. The Morgan fingerprint density at radius 1 is 1.39 bits per heavy atom. The van der Waals surface area contributed by atoms with Gasteiger partial charge in [-0.25, -0.2) is 0 Å². The number of halogens is 2. The second-order valence-electron chi connectivity index (χ2n) is 4.44. The highest BCUT2D eigenvalue weighted by atomic mass is 35.5. The molecule has 1 aliphatic rings. The number of amides is 1. The van der Waals surface area contributed by atoms with E-state index in [1.54, 1.807) is 6.07 Å². The Bertz CT molecular complexity index is 447. The molecule has 1 aromatic heterocycles. The Hall–Kier alpha value is -1.07. The first-order valence-corrected chi connectivity index (χ1v) is 6.54. The van der Waals surface area contributed by atoms with E-state index >= 15 is 0 Å². The van der Waals surface area contributed by atoms with Gasteiger partial charge < -0.3 is 10.6 Å². The van der Waals surface area contributed by atoms with Gasteiger partial charge in [-0.3, -0.25) is 4.79 Å². The summed E-state index contributed by atoms with van der Waals surface area (Å²) in [6.07, 6.45) is 2.29. The molecular weight excluding hydrogens is 275 g/mol. The second-order valence-corrected chi connectivity index (χ2v) is 5.19. The Kier molecular flexibility index (Phi) is 4.24. The zero-order chi connectivity index (χ0) is 13.1. The zero-order valence-electron chi connectivity index (χ0n) is 9.77. The summed E-state index contributed by atoms with van der Waals surface area (Å²) in [6.45, 7) is 1.64. The Morgan fingerprint density at radius 2 is 2.06 bits per heavy atom. The van der Waals surface area contributed by atoms with Gasteiger partial charge in [-0.05, 0) is 18.8 Å². The summed E-state index contributed by atoms with van der Waals surface area (Å²) in [5.41, 5.74) is 6.00. The maximum atomic E-state index is 10.9. The minimum atomic E-state index is -0.236. The number of rotatable bonds is 3. The SMILES string of the molecule is NC(=O)CC1CCN(c2cc(Cl)nnc2Cl)CC1. The maximum absolute atomic E-state index is 10.9. The van der Waals surface area contributed by atoms with E-state index in [1.165, 1.54) is 0 Å². The molecule has 0 atom stereocenters. The highest BCUT2D eigenvalue weighted by Gasteiger charge is 2.22. The van der Waals surface area contributed by atoms with Crippen LogP contribution in [0.5, 0.6) is 0 Å². The smallest absolute Gasteiger partial charge is 0.217 e. The number of primary amides is 1. The molecule has 2 heterocycles. The Morgan fingerprint density at radius 3 is 2.67 bits per heavy atom. The normalized spacial score (nSPS) is 16.9. The summed E-state index contributed by atoms with van der Waals surface area (Å²) in [5, 5.41) is 8.15. The molecule has 0 bridgehead atoms. The molecule has 1 aliphatic heterocycles. The first-order chi connectivity index (χ1) is 8.56. The molecule has 5 nitrogen and oxygen atoms in total. The van der Waals surface area contributed by atoms with Crippen LogP contribution in [0.15, 0.2) is 6.07 Å². The van der Waals surface area contributed by atoms with Gasteiger partial charge in [-0.15, -0.1) is 10.2 Å². The highest BCUT2D eigenvalue weighted by molar-refractivity contribution is 6.33. The predicted octanol–water partition coefficient (Wildman–Crippen LogP) is 1.88. The van der Waals surface area contributed by atoms with Crippen molar-refractivity contribution in [3.05, 3.63) is 16.4 Å². The van der Waals surface area contributed by atoms with E-state index in [4.69, 9.17) is 28.9 Å². The molecule has 98 valence electrons. The van der Waals surface area contributed by atoms with Crippen molar-refractivity contribution in [2.24, 2.45) is 11.7 Å². The van der Waals surface area contributed by atoms with E-state index in [1.807, 2.05) is 0 Å². The van der Waals surface area contributed by atoms with Crippen LogP contribution in [0.3, 0.4) is 0 Å². The molecule has 0 aromatic carbocycles. The lowest BCUT2D eigenvalue weighted by Gasteiger charge is -2.33. The average Bonchev–Trinajstić information content (AvgIpc) is 2.33. The van der Waals surface area contributed by atoms with Crippen LogP contribution in [0.1, 0.15) is 19.3 Å². The van der Waals surface area contributed by atoms with Crippen molar-refractivity contribution in [2.75, 3.05) is 18.0 Å². The van der Waals surface area contributed by atoms with E-state index in [9.17, 15) is 4.79 Å². The fraction of sp³-hybridized carbons (Fsp3) is 0.545. The van der Waals surface area contributed by atoms with Gasteiger partial charge >= 0.3 is 0 Å². The van der Waals surface area contributed by atoms with Gasteiger partial charge in [0.15, 0.2) is 10.3 Å². The van der Waals surface area contributed by atoms with Gasteiger partial charge in [0.05, 0.1) is 5.69 Å². The van der Waals surface area contributed by atoms with Gasteiger partial charge in [-0.2, -0.15) is 0 Å². The summed E-state index contributed by atoms with van der Waals surface area (Å²) in [5.74, 6) is 0.128. The van der Waals surface area contributed by atoms with Crippen molar-refractivity contribution in [3.8, 4) is 0 Å². The number of hydrogen-bond acceptors (Lipinski definition) is 4. The van der Waals surface area contributed by atoms with Crippen molar-refractivity contribution in [3.63, 3.8) is 0 Å². The first-order valence-electron chi connectivity index (χ1n) is 5.78. The number of nitrogens with zero attached hydrogens (tertiary/aromatic N) is 3. The molecule has 0 radical (unpaired) electrons. The zero-order valence-corrected chi connectivity index (χ0v) is 11.3. The molecule has 7 heteroatoms. The van der Waals surface area contributed by atoms with Gasteiger partial charge in [0.1, 0.15) is 0 Å². The van der Waals surface area contributed by atoms with Crippen LogP contribution in [0.4, 0.5) is 5.69 Å². The van der Waals surface area contributed by atoms with Gasteiger partial charge in [0.2, 0.25) is 5.91 Å². The van der Waals surface area contributed by atoms with E-state index < -0.39 is 0 Å². The molecule has 0 unspecified atom stereocenters. The Balaban J connectivity index is 2.01. The lowest BCUT2D eigenvalue weighted by molar-refractivity contribution is -0.119. The van der Waals surface area contributed by atoms with Crippen LogP contribution >= 0.6 is 23.2 Å². The van der Waals surface area contributed by atoms with E-state index in [2.05, 4.69) is 15.1 Å². The summed E-state index contributed by atoms with van der Waals surface area (Å²) < 4.78 is 0. The average molecular weight is 289 g/mol. The third-order valence-electron chi connectivity index (χ3n) is 3.15. The van der Waals surface area contributed by atoms with Crippen molar-refractivity contribution in [1.82, 2.24) is 10.2 Å². The maximum Gasteiger partial charge on any atom is 0.217 e. The van der Waals surface area contributed by atoms with Gasteiger partial charge in [0.25, 0.3) is 0 Å². The van der Waals surface area contributed by atoms with Crippen LogP contribution in [0.25, 0.3) is 0 Å². The van der Waals surface area contributed by atoms with Crippen LogP contribution in [-0.2, 0) is 4.79 Å². The third kappa shape index (κ3) is 3.23. The predicted molar refractivity (Wildman–Crippen MR) is 70.8 cm³/mol. The number of anilines is 1. The number of carbonyl (C=O) groups is 1. The van der Waals surface area contributed by atoms with Gasteiger partial charge in [0, 0.05) is 25.6 Å². The Labute approximate surface area is 115 Å². The van der Waals surface area contributed by atoms with Crippen LogP contribution in [0.2, 0.25) is 10.3 Å². The van der Waals surface area contributed by atoms with Crippen molar-refractivity contribution in [1.29, 1.82) is 0 Å². The second kappa shape index (κ2) is 5.71. The molecular formula is C11H14Cl2N4O. The summed E-state index contributed by atoms with van der Waals surface area (Å²) in [4.78, 5) is 13.0. The minimum Gasteiger partial charge on any atom is -0.370 e. The molecule has 2 rings (SSSR count). The number of piperidine rings is 1. The number of nitrogens with two attached hydrogens (primary N) is 1. The summed E-state index contributed by atoms with van der Waals surface area (Å²) in [6, 6.07) is 1.71. The highest BCUT2D eigenvalue weighted by Crippen LogP contribution is 2.30. The van der Waals surface area contributed by atoms with Crippen LogP contribution < -0.4 is 10.6 Å². The number of hydrogen-bond donors (Lipinski definition) is 1. The van der Waals surface area contributed by atoms with Crippen LogP contribution in [-0.4, -0.2) is 29.2 Å². The molecule has 2 N–H and O–H groups in total. The molecule has 0 spiro atoms. The summed E-state index contributed by atoms with van der Waals surface area (Å²) in [7, 11) is 0.